The summed E-state index contributed by atoms with van der Waals surface area (Å²) in [6.07, 6.45) is 6.35. The summed E-state index contributed by atoms with van der Waals surface area (Å²) in [5.41, 5.74) is 2.00. The van der Waals surface area contributed by atoms with Crippen molar-refractivity contribution < 1.29 is 14.0 Å². The summed E-state index contributed by atoms with van der Waals surface area (Å²) in [5, 5.41) is 2.00. The van der Waals surface area contributed by atoms with Crippen molar-refractivity contribution in [1.82, 2.24) is 9.80 Å². The molecule has 0 N–H and O–H groups in total. The highest BCUT2D eigenvalue weighted by molar-refractivity contribution is 7.09. The van der Waals surface area contributed by atoms with E-state index in [2.05, 4.69) is 0 Å². The lowest BCUT2D eigenvalue weighted by molar-refractivity contribution is -0.143. The maximum atomic E-state index is 13.6. The topological polar surface area (TPSA) is 40.6 Å². The van der Waals surface area contributed by atoms with E-state index in [1.54, 1.807) is 28.4 Å². The third-order valence-electron chi connectivity index (χ3n) is 6.68. The minimum Gasteiger partial charge on any atom is -0.332 e. The molecular weight excluding hydrogens is 459 g/mol. The molecule has 3 aromatic rings. The standard InChI is InChI=1S/C29H33FN2O2S/c30-25-16-13-24(14-17-25)20-31(21-27-12-7-19-35-27)29(34)22-32(26-10-5-2-6-11-26)28(33)18-15-23-8-3-1-4-9-23/h1,3-4,7-9,12-14,16-17,19,26H,2,5-6,10-11,15,18,20-22H2. The summed E-state index contributed by atoms with van der Waals surface area (Å²) in [6.45, 7) is 0.948. The zero-order chi connectivity index (χ0) is 24.5. The SMILES string of the molecule is O=C(CN(C(=O)CCc1ccccc1)C1CCCCC1)N(Cc1ccc(F)cc1)Cc1cccs1. The lowest BCUT2D eigenvalue weighted by atomic mass is 9.93. The first-order valence-electron chi connectivity index (χ1n) is 12.5. The van der Waals surface area contributed by atoms with Crippen LogP contribution >= 0.6 is 11.3 Å². The molecule has 0 saturated heterocycles. The van der Waals surface area contributed by atoms with E-state index in [1.165, 1.54) is 18.6 Å². The van der Waals surface area contributed by atoms with Crippen molar-refractivity contribution in [2.75, 3.05) is 6.54 Å². The predicted octanol–water partition coefficient (Wildman–Crippen LogP) is 6.21. The third kappa shape index (κ3) is 7.49. The first kappa shape index (κ1) is 25.1. The summed E-state index contributed by atoms with van der Waals surface area (Å²) in [4.78, 5) is 31.8. The van der Waals surface area contributed by atoms with Crippen molar-refractivity contribution in [1.29, 1.82) is 0 Å². The molecule has 1 aliphatic rings. The van der Waals surface area contributed by atoms with Gasteiger partial charge in [-0.25, -0.2) is 4.39 Å². The van der Waals surface area contributed by atoms with Crippen molar-refractivity contribution in [3.05, 3.63) is 93.9 Å². The van der Waals surface area contributed by atoms with Crippen molar-refractivity contribution >= 4 is 23.2 Å². The van der Waals surface area contributed by atoms with Crippen molar-refractivity contribution in [3.8, 4) is 0 Å². The van der Waals surface area contributed by atoms with Crippen molar-refractivity contribution in [2.24, 2.45) is 0 Å². The van der Waals surface area contributed by atoms with E-state index in [9.17, 15) is 14.0 Å². The van der Waals surface area contributed by atoms with Gasteiger partial charge in [-0.15, -0.1) is 11.3 Å². The number of nitrogens with zero attached hydrogens (tertiary/aromatic N) is 2. The molecular formula is C29H33FN2O2S. The van der Waals surface area contributed by atoms with Crippen LogP contribution < -0.4 is 0 Å². The molecule has 4 nitrogen and oxygen atoms in total. The second-order valence-electron chi connectivity index (χ2n) is 9.25. The molecule has 35 heavy (non-hydrogen) atoms. The molecule has 0 aliphatic heterocycles. The molecule has 0 unspecified atom stereocenters. The van der Waals surface area contributed by atoms with Gasteiger partial charge in [0, 0.05) is 23.9 Å². The minimum atomic E-state index is -0.294. The molecule has 1 aliphatic carbocycles. The highest BCUT2D eigenvalue weighted by Gasteiger charge is 2.29. The molecule has 1 aromatic heterocycles. The average molecular weight is 493 g/mol. The van der Waals surface area contributed by atoms with E-state index in [-0.39, 0.29) is 30.2 Å². The Morgan fingerprint density at radius 2 is 1.57 bits per heavy atom. The van der Waals surface area contributed by atoms with Gasteiger partial charge in [-0.3, -0.25) is 9.59 Å². The summed E-state index contributed by atoms with van der Waals surface area (Å²) >= 11 is 1.61. The first-order chi connectivity index (χ1) is 17.1. The number of thiophene rings is 1. The average Bonchev–Trinajstić information content (AvgIpc) is 3.41. The molecule has 4 rings (SSSR count). The number of benzene rings is 2. The van der Waals surface area contributed by atoms with Gasteiger partial charge in [-0.05, 0) is 54.0 Å². The lowest BCUT2D eigenvalue weighted by Gasteiger charge is -2.35. The van der Waals surface area contributed by atoms with Gasteiger partial charge in [-0.2, -0.15) is 0 Å². The monoisotopic (exact) mass is 492 g/mol. The molecule has 0 atom stereocenters. The van der Waals surface area contributed by atoms with Crippen molar-refractivity contribution in [2.45, 2.75) is 64.1 Å². The van der Waals surface area contributed by atoms with Crippen LogP contribution in [0.2, 0.25) is 0 Å². The maximum absolute atomic E-state index is 13.6. The third-order valence-corrected chi connectivity index (χ3v) is 7.54. The number of carbonyl (C=O) groups excluding carboxylic acids is 2. The number of hydrogen-bond donors (Lipinski definition) is 0. The fourth-order valence-corrected chi connectivity index (χ4v) is 5.45. The largest absolute Gasteiger partial charge is 0.332 e. The number of carbonyl (C=O) groups is 2. The van der Waals surface area contributed by atoms with E-state index in [4.69, 9.17) is 0 Å². The van der Waals surface area contributed by atoms with Gasteiger partial charge in [-0.1, -0.05) is 67.8 Å². The van der Waals surface area contributed by atoms with Crippen LogP contribution in [0, 0.1) is 5.82 Å². The molecule has 2 amide bonds. The van der Waals surface area contributed by atoms with E-state index in [0.29, 0.717) is 25.9 Å². The fraction of sp³-hybridized carbons (Fsp3) is 0.379. The molecule has 0 bridgehead atoms. The Balaban J connectivity index is 1.49. The normalized spacial score (nSPS) is 14.0. The highest BCUT2D eigenvalue weighted by atomic mass is 32.1. The number of amides is 2. The lowest BCUT2D eigenvalue weighted by Crippen LogP contribution is -2.48. The Morgan fingerprint density at radius 3 is 2.26 bits per heavy atom. The Labute approximate surface area is 211 Å². The van der Waals surface area contributed by atoms with E-state index < -0.39 is 0 Å². The molecule has 6 heteroatoms. The van der Waals surface area contributed by atoms with Gasteiger partial charge >= 0.3 is 0 Å². The zero-order valence-corrected chi connectivity index (χ0v) is 20.9. The van der Waals surface area contributed by atoms with Crippen LogP contribution in [0.1, 0.15) is 54.5 Å². The van der Waals surface area contributed by atoms with Gasteiger partial charge in [0.05, 0.1) is 6.54 Å². The summed E-state index contributed by atoms with van der Waals surface area (Å²) in [5.74, 6) is -0.314. The van der Waals surface area contributed by atoms with Gasteiger partial charge in [0.1, 0.15) is 12.4 Å². The van der Waals surface area contributed by atoms with Crippen LogP contribution in [0.4, 0.5) is 4.39 Å². The second-order valence-corrected chi connectivity index (χ2v) is 10.3. The van der Waals surface area contributed by atoms with Crippen LogP contribution in [0.3, 0.4) is 0 Å². The van der Waals surface area contributed by atoms with Crippen LogP contribution in [-0.2, 0) is 29.1 Å². The van der Waals surface area contributed by atoms with Crippen molar-refractivity contribution in [3.63, 3.8) is 0 Å². The predicted molar refractivity (Wildman–Crippen MR) is 138 cm³/mol. The number of halogens is 1. The summed E-state index contributed by atoms with van der Waals surface area (Å²) in [7, 11) is 0. The van der Waals surface area contributed by atoms with Crippen LogP contribution in [0.15, 0.2) is 72.1 Å². The number of aryl methyl sites for hydroxylation is 1. The summed E-state index contributed by atoms with van der Waals surface area (Å²) < 4.78 is 13.4. The number of rotatable bonds is 10. The highest BCUT2D eigenvalue weighted by Crippen LogP contribution is 2.24. The molecule has 1 saturated carbocycles. The van der Waals surface area contributed by atoms with Gasteiger partial charge in [0.2, 0.25) is 11.8 Å². The Kier molecular flexibility index (Phi) is 9.07. The quantitative estimate of drug-likeness (QED) is 0.338. The van der Waals surface area contributed by atoms with E-state index in [0.717, 1.165) is 41.7 Å². The smallest absolute Gasteiger partial charge is 0.242 e. The van der Waals surface area contributed by atoms with Gasteiger partial charge in [0.15, 0.2) is 0 Å². The van der Waals surface area contributed by atoms with Gasteiger partial charge < -0.3 is 9.80 Å². The zero-order valence-electron chi connectivity index (χ0n) is 20.1. The minimum absolute atomic E-state index is 0.0481. The molecule has 184 valence electrons. The summed E-state index contributed by atoms with van der Waals surface area (Å²) in [6, 6.07) is 20.4. The Hall–Kier alpha value is -2.99. The molecule has 0 radical (unpaired) electrons. The number of hydrogen-bond acceptors (Lipinski definition) is 3. The van der Waals surface area contributed by atoms with E-state index in [1.807, 2.05) is 52.7 Å². The molecule has 1 fully saturated rings. The van der Waals surface area contributed by atoms with Gasteiger partial charge in [0.25, 0.3) is 0 Å². The van der Waals surface area contributed by atoms with E-state index >= 15 is 0 Å². The second kappa shape index (κ2) is 12.6. The molecule has 2 aromatic carbocycles. The van der Waals surface area contributed by atoms with Crippen LogP contribution in [0.5, 0.6) is 0 Å². The fourth-order valence-electron chi connectivity index (χ4n) is 4.73. The first-order valence-corrected chi connectivity index (χ1v) is 13.3. The molecule has 0 spiro atoms. The Morgan fingerprint density at radius 1 is 0.829 bits per heavy atom. The molecule has 1 heterocycles. The van der Waals surface area contributed by atoms with Crippen LogP contribution in [-0.4, -0.2) is 34.2 Å². The Bertz CT molecular complexity index is 1060. The van der Waals surface area contributed by atoms with Crippen LogP contribution in [0.25, 0.3) is 0 Å². The maximum Gasteiger partial charge on any atom is 0.242 e.